The van der Waals surface area contributed by atoms with Crippen LogP contribution in [-0.2, 0) is 47.7 Å². The van der Waals surface area contributed by atoms with E-state index in [-0.39, 0.29) is 48.0 Å². The second kappa shape index (κ2) is 36.2. The van der Waals surface area contributed by atoms with E-state index in [1.807, 2.05) is 60.7 Å². The summed E-state index contributed by atoms with van der Waals surface area (Å²) in [5.74, 6) is -9.34. The van der Waals surface area contributed by atoms with Crippen LogP contribution in [0, 0.1) is 11.8 Å². The lowest BCUT2D eigenvalue weighted by Gasteiger charge is -2.46. The van der Waals surface area contributed by atoms with Crippen molar-refractivity contribution in [3.63, 3.8) is 0 Å². The number of thioether (sulfide) groups is 2. The number of nitrogens with one attached hydrogen (secondary N) is 6. The van der Waals surface area contributed by atoms with Gasteiger partial charge in [0.15, 0.2) is 0 Å². The zero-order chi connectivity index (χ0) is 68.0. The van der Waals surface area contributed by atoms with Crippen LogP contribution in [0.15, 0.2) is 109 Å². The van der Waals surface area contributed by atoms with Gasteiger partial charge in [0.1, 0.15) is 24.4 Å². The number of hydrogen-bond acceptors (Lipinski definition) is 20. The molecule has 2 saturated heterocycles. The lowest BCUT2D eigenvalue weighted by molar-refractivity contribution is -0.310. The minimum absolute atomic E-state index is 0.124. The van der Waals surface area contributed by atoms with E-state index in [1.54, 1.807) is 48.5 Å². The highest BCUT2D eigenvalue weighted by Crippen LogP contribution is 2.36. The van der Waals surface area contributed by atoms with E-state index in [0.29, 0.717) is 74.6 Å². The molecule has 1 saturated carbocycles. The molecule has 94 heavy (non-hydrogen) atoms. The monoisotopic (exact) mass is 1350 g/mol. The predicted octanol–water partition coefficient (Wildman–Crippen LogP) is 1.81. The largest absolute Gasteiger partial charge is 0.477 e. The summed E-state index contributed by atoms with van der Waals surface area (Å²) < 4.78 is 23.2. The van der Waals surface area contributed by atoms with Gasteiger partial charge in [-0.1, -0.05) is 84.9 Å². The molecule has 14 N–H and O–H groups in total. The summed E-state index contributed by atoms with van der Waals surface area (Å²) in [6.07, 6.45) is -12.4. The molecule has 28 heteroatoms. The van der Waals surface area contributed by atoms with Crippen molar-refractivity contribution in [3.8, 4) is 22.3 Å². The molecule has 7 rings (SSSR count). The molecule has 12 atom stereocenters. The van der Waals surface area contributed by atoms with Crippen molar-refractivity contribution in [1.29, 1.82) is 0 Å². The van der Waals surface area contributed by atoms with Gasteiger partial charge in [-0.15, -0.1) is 0 Å². The van der Waals surface area contributed by atoms with Crippen molar-refractivity contribution >= 4 is 70.9 Å². The lowest BCUT2D eigenvalue weighted by Crippen LogP contribution is -2.68. The Balaban J connectivity index is 0.750. The summed E-state index contributed by atoms with van der Waals surface area (Å²) >= 11 is 2.94. The zero-order valence-corrected chi connectivity index (χ0v) is 54.0. The van der Waals surface area contributed by atoms with E-state index < -0.39 is 134 Å². The molecule has 512 valence electrons. The molecule has 3 aliphatic rings. The number of benzene rings is 4. The highest BCUT2D eigenvalue weighted by molar-refractivity contribution is 7.99. The van der Waals surface area contributed by atoms with Crippen LogP contribution in [0.4, 0.5) is 0 Å². The first-order valence-corrected chi connectivity index (χ1v) is 33.6. The Morgan fingerprint density at radius 3 is 1.17 bits per heavy atom. The molecular formula is C66H86N6O20S2. The maximum atomic E-state index is 13.1. The molecule has 0 bridgehead atoms. The van der Waals surface area contributed by atoms with Crippen molar-refractivity contribution in [1.82, 2.24) is 31.9 Å². The quantitative estimate of drug-likeness (QED) is 0.0297. The van der Waals surface area contributed by atoms with Crippen LogP contribution < -0.4 is 31.9 Å². The Labute approximate surface area is 553 Å². The van der Waals surface area contributed by atoms with Gasteiger partial charge in [0, 0.05) is 87.3 Å². The number of amides is 6. The summed E-state index contributed by atoms with van der Waals surface area (Å²) in [7, 11) is 0. The second-order valence-electron chi connectivity index (χ2n) is 23.5. The number of aliphatic hydroxyl groups excluding tert-OH is 6. The van der Waals surface area contributed by atoms with Crippen LogP contribution in [0.5, 0.6) is 0 Å². The Hall–Kier alpha value is -7.06. The van der Waals surface area contributed by atoms with E-state index >= 15 is 0 Å². The maximum absolute atomic E-state index is 13.1. The Kier molecular flexibility index (Phi) is 28.6. The van der Waals surface area contributed by atoms with E-state index in [0.717, 1.165) is 36.1 Å². The van der Waals surface area contributed by atoms with Crippen molar-refractivity contribution in [2.75, 3.05) is 62.4 Å². The number of hydrogen-bond donors (Lipinski definition) is 14. The highest BCUT2D eigenvalue weighted by Gasteiger charge is 2.57. The molecular weight excluding hydrogens is 1260 g/mol. The first-order valence-electron chi connectivity index (χ1n) is 31.3. The third kappa shape index (κ3) is 21.0. The molecule has 2 heterocycles. The number of rotatable bonds is 34. The van der Waals surface area contributed by atoms with Crippen LogP contribution in [0.25, 0.3) is 22.3 Å². The lowest BCUT2D eigenvalue weighted by atomic mass is 9.81. The Morgan fingerprint density at radius 2 is 0.840 bits per heavy atom. The second-order valence-corrected chi connectivity index (χ2v) is 25.9. The number of carboxylic acids is 2. The molecule has 2 aliphatic heterocycles. The van der Waals surface area contributed by atoms with Crippen molar-refractivity contribution in [2.24, 2.45) is 11.8 Å². The molecule has 0 spiro atoms. The number of carbonyl (C=O) groups is 8. The number of aliphatic carboxylic acids is 2. The highest BCUT2D eigenvalue weighted by atomic mass is 32.2. The average molecular weight is 1350 g/mol. The summed E-state index contributed by atoms with van der Waals surface area (Å²) in [5.41, 5.74) is 4.20. The van der Waals surface area contributed by atoms with Gasteiger partial charge in [-0.05, 0) is 96.5 Å². The third-order valence-corrected chi connectivity index (χ3v) is 18.7. The standard InChI is InChI=1S/C66H86N6O20S2/c1-39(73)71-53-49(75)35-65(63(85)86,91-57(53)55(79)51(77)37-69-61(83)47-19-15-43(16-20-47)41-11-5-3-6-12-41)89-29-9-31-93-33-27-67-59(81)45-23-25-46(26-24-45)60(82)68-28-34-94-32-10-30-90-66(64(87)88)36-50(76)54(72-40(2)74)58(92-66)56(80)52(78)38-70-62(84)48-21-17-44(18-22-48)42-13-7-4-8-14-42/h3-8,11-22,45-46,49-58,75-80H,9-10,23-38H2,1-2H3,(H,67,81)(H,68,82)(H,69,83)(H,70,84)(H,71,73)(H,72,74)(H,85,86)(H,87,88)/t45?,46?,49-,50-,51+,52+,53+,54+,55?,56?,57+,58+,65+,66+/m0/s1. The van der Waals surface area contributed by atoms with Crippen LogP contribution in [0.1, 0.15) is 85.9 Å². The first-order chi connectivity index (χ1) is 45.0. The van der Waals surface area contributed by atoms with Gasteiger partial charge < -0.3 is 91.7 Å². The van der Waals surface area contributed by atoms with E-state index in [1.165, 1.54) is 23.5 Å². The third-order valence-electron chi connectivity index (χ3n) is 16.5. The van der Waals surface area contributed by atoms with Gasteiger partial charge in [-0.2, -0.15) is 23.5 Å². The minimum Gasteiger partial charge on any atom is -0.477 e. The molecule has 0 radical (unpaired) electrons. The van der Waals surface area contributed by atoms with Gasteiger partial charge in [0.2, 0.25) is 23.6 Å². The molecule has 0 aromatic heterocycles. The molecule has 2 unspecified atom stereocenters. The topological polar surface area (TPSA) is 408 Å². The molecule has 26 nitrogen and oxygen atoms in total. The van der Waals surface area contributed by atoms with Gasteiger partial charge >= 0.3 is 11.9 Å². The molecule has 1 aliphatic carbocycles. The van der Waals surface area contributed by atoms with E-state index in [4.69, 9.17) is 18.9 Å². The number of carboxylic acid groups (broad SMARTS) is 2. The number of carbonyl (C=O) groups excluding carboxylic acids is 6. The van der Waals surface area contributed by atoms with Crippen molar-refractivity contribution in [2.45, 2.75) is 138 Å². The SMILES string of the molecule is CC(=O)N[C@@H]1[C@@H](O)C[C@](OCCCSCCNC(=O)C2CCC(C(=O)NCCSCCCO[C@]3(C(=O)O)C[C@H](O)[C@@H](NC(C)=O)[C@H](C(O)[C@H](O)CNC(=O)c4ccc(-c5ccccc5)cc4)O3)CC2)(C(=O)O)O[C@H]1C(O)[C@H](O)CNC(=O)c1ccc(-c2ccccc2)cc1. The normalized spacial score (nSPS) is 24.9. The van der Waals surface area contributed by atoms with Gasteiger partial charge in [0.25, 0.3) is 23.4 Å². The predicted molar refractivity (Wildman–Crippen MR) is 347 cm³/mol. The van der Waals surface area contributed by atoms with Crippen LogP contribution in [-0.4, -0.2) is 223 Å². The summed E-state index contributed by atoms with van der Waals surface area (Å²) in [5, 5.41) is 104. The van der Waals surface area contributed by atoms with Crippen molar-refractivity contribution in [3.05, 3.63) is 120 Å². The smallest absolute Gasteiger partial charge is 0.364 e. The zero-order valence-electron chi connectivity index (χ0n) is 52.3. The summed E-state index contributed by atoms with van der Waals surface area (Å²) in [6, 6.07) is 29.8. The molecule has 4 aromatic carbocycles. The van der Waals surface area contributed by atoms with E-state index in [9.17, 15) is 79.2 Å². The Morgan fingerprint density at radius 1 is 0.500 bits per heavy atom. The average Bonchev–Trinajstić information content (AvgIpc) is 0.777. The van der Waals surface area contributed by atoms with Gasteiger partial charge in [-0.3, -0.25) is 28.8 Å². The molecule has 4 aromatic rings. The summed E-state index contributed by atoms with van der Waals surface area (Å²) in [6.45, 7) is 1.69. The van der Waals surface area contributed by atoms with Gasteiger partial charge in [0.05, 0.1) is 49.7 Å². The fraction of sp³-hybridized carbons (Fsp3) is 0.515. The van der Waals surface area contributed by atoms with Crippen LogP contribution in [0.2, 0.25) is 0 Å². The first kappa shape index (κ1) is 74.3. The van der Waals surface area contributed by atoms with Crippen LogP contribution >= 0.6 is 23.5 Å². The summed E-state index contributed by atoms with van der Waals surface area (Å²) in [4.78, 5) is 102. The molecule has 6 amide bonds. The Bertz CT molecular complexity index is 2930. The fourth-order valence-corrected chi connectivity index (χ4v) is 13.0. The van der Waals surface area contributed by atoms with E-state index in [2.05, 4.69) is 31.9 Å². The van der Waals surface area contributed by atoms with Crippen molar-refractivity contribution < 1.29 is 98.2 Å². The van der Waals surface area contributed by atoms with Crippen LogP contribution in [0.3, 0.4) is 0 Å². The number of aliphatic hydroxyl groups is 6. The number of ether oxygens (including phenoxy) is 4. The molecule has 3 fully saturated rings. The maximum Gasteiger partial charge on any atom is 0.364 e. The minimum atomic E-state index is -2.47. The fourth-order valence-electron chi connectivity index (χ4n) is 11.5. The van der Waals surface area contributed by atoms with Gasteiger partial charge in [-0.25, -0.2) is 9.59 Å².